The molecule has 0 radical (unpaired) electrons. The first-order valence-corrected chi connectivity index (χ1v) is 9.32. The van der Waals surface area contributed by atoms with Crippen LogP contribution in [0.4, 0.5) is 17.6 Å². The van der Waals surface area contributed by atoms with Crippen LogP contribution in [-0.2, 0) is 0 Å². The number of nitrogens with one attached hydrogen (secondary N) is 4. The van der Waals surface area contributed by atoms with Gasteiger partial charge in [0.1, 0.15) is 18.0 Å². The van der Waals surface area contributed by atoms with Crippen LogP contribution < -0.4 is 21.5 Å². The lowest BCUT2D eigenvalue weighted by Crippen LogP contribution is -2.55. The minimum atomic E-state index is -4.43. The third kappa shape index (κ3) is 5.43. The Morgan fingerprint density at radius 2 is 1.86 bits per heavy atom. The van der Waals surface area contributed by atoms with Crippen molar-refractivity contribution in [1.29, 1.82) is 0 Å². The fourth-order valence-electron chi connectivity index (χ4n) is 3.50. The largest absolute Gasteiger partial charge is 0.405 e. The van der Waals surface area contributed by atoms with Gasteiger partial charge in [-0.1, -0.05) is 12.8 Å². The zero-order valence-electron chi connectivity index (χ0n) is 15.5. The minimum Gasteiger partial charge on any atom is -0.394 e. The van der Waals surface area contributed by atoms with Crippen LogP contribution in [0, 0.1) is 5.82 Å². The van der Waals surface area contributed by atoms with E-state index in [1.165, 1.54) is 12.1 Å². The predicted octanol–water partition coefficient (Wildman–Crippen LogP) is 1.56. The molecule has 0 spiro atoms. The quantitative estimate of drug-likeness (QED) is 0.291. The van der Waals surface area contributed by atoms with Gasteiger partial charge < -0.3 is 10.4 Å². The number of aliphatic hydroxyl groups excluding tert-OH is 1. The summed E-state index contributed by atoms with van der Waals surface area (Å²) in [6.45, 7) is -0.208. The molecule has 1 saturated heterocycles. The number of nitrogens with zero attached hydrogens (tertiary/aromatic N) is 1. The van der Waals surface area contributed by atoms with Gasteiger partial charge in [-0.05, 0) is 37.1 Å². The van der Waals surface area contributed by atoms with Crippen LogP contribution >= 0.6 is 0 Å². The molecule has 1 heterocycles. The molecule has 5 N–H and O–H groups in total. The monoisotopic (exact) mass is 417 g/mol. The third-order valence-corrected chi connectivity index (χ3v) is 5.15. The molecule has 2 atom stereocenters. The lowest BCUT2D eigenvalue weighted by molar-refractivity contribution is -0.153. The van der Waals surface area contributed by atoms with Crippen molar-refractivity contribution in [1.82, 2.24) is 21.5 Å². The highest BCUT2D eigenvalue weighted by Crippen LogP contribution is 2.29. The average Bonchev–Trinajstić information content (AvgIpc) is 3.32. The van der Waals surface area contributed by atoms with E-state index >= 15 is 0 Å². The zero-order valence-corrected chi connectivity index (χ0v) is 15.5. The first-order chi connectivity index (χ1) is 13.7. The summed E-state index contributed by atoms with van der Waals surface area (Å²) >= 11 is 0. The molecule has 0 bridgehead atoms. The van der Waals surface area contributed by atoms with Gasteiger partial charge in [-0.2, -0.15) is 13.2 Å². The molecule has 2 fully saturated rings. The van der Waals surface area contributed by atoms with Crippen molar-refractivity contribution in [2.75, 3.05) is 6.61 Å². The van der Waals surface area contributed by atoms with E-state index in [0.717, 1.165) is 25.0 Å². The van der Waals surface area contributed by atoms with E-state index in [-0.39, 0.29) is 24.6 Å². The van der Waals surface area contributed by atoms with E-state index in [0.29, 0.717) is 12.8 Å². The second-order valence-electron chi connectivity index (χ2n) is 7.34. The summed E-state index contributed by atoms with van der Waals surface area (Å²) < 4.78 is 51.7. The number of carbonyl (C=O) groups is 1. The normalized spacial score (nSPS) is 24.5. The Balaban J connectivity index is 1.78. The Hall–Kier alpha value is -2.24. The topological polar surface area (TPSA) is 97.8 Å². The van der Waals surface area contributed by atoms with Gasteiger partial charge in [0.05, 0.1) is 12.1 Å². The molecular weight excluding hydrogens is 394 g/mol. The summed E-state index contributed by atoms with van der Waals surface area (Å²) in [6.07, 6.45) is -2.71. The second kappa shape index (κ2) is 8.64. The van der Waals surface area contributed by atoms with Crippen LogP contribution in [0.25, 0.3) is 0 Å². The van der Waals surface area contributed by atoms with Crippen molar-refractivity contribution in [3.8, 4) is 0 Å². The average molecular weight is 417 g/mol. The summed E-state index contributed by atoms with van der Waals surface area (Å²) in [7, 11) is 0. The van der Waals surface area contributed by atoms with Crippen molar-refractivity contribution in [2.24, 2.45) is 4.99 Å². The van der Waals surface area contributed by atoms with E-state index in [9.17, 15) is 27.5 Å². The summed E-state index contributed by atoms with van der Waals surface area (Å²) in [6, 6.07) is 3.07. The van der Waals surface area contributed by atoms with E-state index in [1.54, 1.807) is 0 Å². The fourth-order valence-corrected chi connectivity index (χ4v) is 3.50. The van der Waals surface area contributed by atoms with Crippen LogP contribution in [0.3, 0.4) is 0 Å². The lowest BCUT2D eigenvalue weighted by atomic mass is 9.99. The maximum atomic E-state index is 13.1. The molecule has 2 aliphatic rings. The van der Waals surface area contributed by atoms with Gasteiger partial charge in [0.15, 0.2) is 5.96 Å². The van der Waals surface area contributed by atoms with Crippen LogP contribution in [-0.4, -0.2) is 47.5 Å². The molecule has 2 unspecified atom stereocenters. The first-order valence-electron chi connectivity index (χ1n) is 9.32. The Bertz CT molecular complexity index is 748. The molecular formula is C18H23F4N5O2. The number of hydrogen-bond donors (Lipinski definition) is 5. The highest BCUT2D eigenvalue weighted by molar-refractivity contribution is 6.05. The van der Waals surface area contributed by atoms with Crippen molar-refractivity contribution in [3.63, 3.8) is 0 Å². The smallest absolute Gasteiger partial charge is 0.394 e. The molecule has 0 aromatic heterocycles. The fraction of sp³-hybridized carbons (Fsp3) is 0.556. The molecule has 11 heteroatoms. The number of guanidine groups is 1. The van der Waals surface area contributed by atoms with E-state index in [4.69, 9.17) is 0 Å². The lowest BCUT2D eigenvalue weighted by Gasteiger charge is -2.30. The Labute approximate surface area is 164 Å². The molecule has 1 aromatic carbocycles. The SMILES string of the molecule is O=C(NC(=NC1CC(C(F)(F)F)NN1)NC1(CO)CCCC1)c1ccc(F)cc1. The number of aliphatic imine (C=N–C) groups is 1. The zero-order chi connectivity index (χ0) is 21.1. The third-order valence-electron chi connectivity index (χ3n) is 5.15. The molecule has 160 valence electrons. The highest BCUT2D eigenvalue weighted by atomic mass is 19.4. The van der Waals surface area contributed by atoms with Gasteiger partial charge >= 0.3 is 6.18 Å². The van der Waals surface area contributed by atoms with Crippen LogP contribution in [0.5, 0.6) is 0 Å². The van der Waals surface area contributed by atoms with Crippen LogP contribution in [0.2, 0.25) is 0 Å². The van der Waals surface area contributed by atoms with Gasteiger partial charge in [0.25, 0.3) is 5.91 Å². The number of rotatable bonds is 4. The van der Waals surface area contributed by atoms with E-state index in [2.05, 4.69) is 26.5 Å². The standard InChI is InChI=1S/C18H23F4N5O2/c19-12-5-3-11(4-6-12)15(29)24-16(25-17(10-28)7-1-2-8-17)23-14-9-13(26-27-14)18(20,21)22/h3-6,13-14,26-28H,1-2,7-10H2,(H2,23,24,25,29). The molecule has 1 amide bonds. The second-order valence-corrected chi connectivity index (χ2v) is 7.34. The molecule has 1 aliphatic carbocycles. The number of amides is 1. The highest BCUT2D eigenvalue weighted by Gasteiger charge is 2.44. The van der Waals surface area contributed by atoms with Gasteiger partial charge in [0, 0.05) is 12.0 Å². The number of carbonyl (C=O) groups excluding carboxylic acids is 1. The molecule has 7 nitrogen and oxygen atoms in total. The number of benzene rings is 1. The van der Waals surface area contributed by atoms with Crippen LogP contribution in [0.1, 0.15) is 42.5 Å². The Kier molecular flexibility index (Phi) is 6.39. The summed E-state index contributed by atoms with van der Waals surface area (Å²) in [5.74, 6) is -1.14. The number of aliphatic hydroxyl groups is 1. The molecule has 29 heavy (non-hydrogen) atoms. The first kappa shape index (κ1) is 21.5. The molecule has 3 rings (SSSR count). The Morgan fingerprint density at radius 1 is 1.21 bits per heavy atom. The van der Waals surface area contributed by atoms with Crippen molar-refractivity contribution in [2.45, 2.75) is 56.0 Å². The maximum Gasteiger partial charge on any atom is 0.405 e. The summed E-state index contributed by atoms with van der Waals surface area (Å²) in [5, 5.41) is 15.4. The van der Waals surface area contributed by atoms with Gasteiger partial charge in [-0.25, -0.2) is 20.2 Å². The Morgan fingerprint density at radius 3 is 2.41 bits per heavy atom. The van der Waals surface area contributed by atoms with Gasteiger partial charge in [0.2, 0.25) is 0 Å². The minimum absolute atomic E-state index is 0.0441. The van der Waals surface area contributed by atoms with Crippen molar-refractivity contribution in [3.05, 3.63) is 35.6 Å². The van der Waals surface area contributed by atoms with Crippen molar-refractivity contribution >= 4 is 11.9 Å². The number of halogens is 4. The number of alkyl halides is 3. The number of hydrazine groups is 1. The number of hydrogen-bond acceptors (Lipinski definition) is 5. The summed E-state index contributed by atoms with van der Waals surface area (Å²) in [4.78, 5) is 16.7. The summed E-state index contributed by atoms with van der Waals surface area (Å²) in [5.41, 5.74) is 4.06. The van der Waals surface area contributed by atoms with E-state index in [1.807, 2.05) is 0 Å². The van der Waals surface area contributed by atoms with Crippen molar-refractivity contribution < 1.29 is 27.5 Å². The predicted molar refractivity (Wildman–Crippen MR) is 97.2 cm³/mol. The van der Waals surface area contributed by atoms with Gasteiger partial charge in [-0.15, -0.1) is 0 Å². The maximum absolute atomic E-state index is 13.1. The van der Waals surface area contributed by atoms with Gasteiger partial charge in [-0.3, -0.25) is 10.1 Å². The molecule has 1 aromatic rings. The molecule has 1 aliphatic heterocycles. The van der Waals surface area contributed by atoms with E-state index < -0.39 is 35.6 Å². The van der Waals surface area contributed by atoms with Crippen LogP contribution in [0.15, 0.2) is 29.3 Å². The molecule has 1 saturated carbocycles.